The number of carbonyl (C=O) groups is 2. The van der Waals surface area contributed by atoms with Gasteiger partial charge in [-0.1, -0.05) is 6.07 Å². The van der Waals surface area contributed by atoms with Crippen molar-refractivity contribution in [1.29, 1.82) is 0 Å². The first-order chi connectivity index (χ1) is 9.58. The lowest BCUT2D eigenvalue weighted by Gasteiger charge is -2.14. The maximum atomic E-state index is 12.0. The zero-order valence-corrected chi connectivity index (χ0v) is 10.8. The van der Waals surface area contributed by atoms with E-state index in [0.717, 1.165) is 0 Å². The predicted octanol–water partition coefficient (Wildman–Crippen LogP) is 0.539. The van der Waals surface area contributed by atoms with Crippen LogP contribution in [0.1, 0.15) is 21.7 Å². The van der Waals surface area contributed by atoms with Crippen molar-refractivity contribution < 1.29 is 14.7 Å². The van der Waals surface area contributed by atoms with Gasteiger partial charge < -0.3 is 15.4 Å². The quantitative estimate of drug-likeness (QED) is 0.737. The number of carboxylic acids is 1. The third kappa shape index (κ3) is 3.19. The van der Waals surface area contributed by atoms with E-state index in [0.29, 0.717) is 11.3 Å². The molecule has 0 bridgehead atoms. The molecule has 0 radical (unpaired) electrons. The summed E-state index contributed by atoms with van der Waals surface area (Å²) in [5.74, 6) is -1.61. The first-order valence-corrected chi connectivity index (χ1v) is 6.00. The molecule has 0 unspecified atom stereocenters. The minimum absolute atomic E-state index is 0.132. The largest absolute Gasteiger partial charge is 0.480 e. The number of rotatable bonds is 5. The molecule has 7 nitrogen and oxygen atoms in total. The van der Waals surface area contributed by atoms with Gasteiger partial charge in [-0.25, -0.2) is 9.78 Å². The molecule has 104 valence electrons. The summed E-state index contributed by atoms with van der Waals surface area (Å²) in [4.78, 5) is 33.8. The maximum Gasteiger partial charge on any atom is 0.326 e. The summed E-state index contributed by atoms with van der Waals surface area (Å²) in [6, 6.07) is 2.42. The Morgan fingerprint density at radius 2 is 2.30 bits per heavy atom. The molecule has 0 fully saturated rings. The molecule has 0 aliphatic heterocycles. The molecule has 3 N–H and O–H groups in total. The maximum absolute atomic E-state index is 12.0. The summed E-state index contributed by atoms with van der Waals surface area (Å²) in [5, 5.41) is 11.6. The van der Waals surface area contributed by atoms with Crippen molar-refractivity contribution in [2.75, 3.05) is 0 Å². The molecular formula is C13H14N4O3. The number of H-pyrrole nitrogens is 1. The van der Waals surface area contributed by atoms with E-state index in [2.05, 4.69) is 20.3 Å². The van der Waals surface area contributed by atoms with E-state index in [9.17, 15) is 9.59 Å². The molecule has 0 aliphatic carbocycles. The average Bonchev–Trinajstić information content (AvgIpc) is 2.91. The van der Waals surface area contributed by atoms with Gasteiger partial charge in [0.05, 0.1) is 6.33 Å². The number of pyridine rings is 1. The molecule has 1 atom stereocenters. The van der Waals surface area contributed by atoms with Gasteiger partial charge in [0.25, 0.3) is 5.91 Å². The third-order valence-electron chi connectivity index (χ3n) is 2.81. The van der Waals surface area contributed by atoms with Crippen LogP contribution in [-0.4, -0.2) is 38.0 Å². The molecule has 20 heavy (non-hydrogen) atoms. The Morgan fingerprint density at radius 3 is 2.90 bits per heavy atom. The van der Waals surface area contributed by atoms with Crippen molar-refractivity contribution in [2.24, 2.45) is 0 Å². The van der Waals surface area contributed by atoms with Crippen molar-refractivity contribution in [2.45, 2.75) is 19.4 Å². The summed E-state index contributed by atoms with van der Waals surface area (Å²) in [7, 11) is 0. The van der Waals surface area contributed by atoms with Crippen LogP contribution in [0.15, 0.2) is 30.9 Å². The van der Waals surface area contributed by atoms with Crippen molar-refractivity contribution >= 4 is 11.9 Å². The second-order valence-electron chi connectivity index (χ2n) is 4.31. The summed E-state index contributed by atoms with van der Waals surface area (Å²) in [6.07, 6.45) is 4.60. The number of carbonyl (C=O) groups excluding carboxylic acids is 1. The van der Waals surface area contributed by atoms with Crippen molar-refractivity contribution in [3.8, 4) is 0 Å². The number of aromatic amines is 1. The Hall–Kier alpha value is -2.70. The number of hydrogen-bond acceptors (Lipinski definition) is 4. The van der Waals surface area contributed by atoms with E-state index in [1.807, 2.05) is 0 Å². The lowest BCUT2D eigenvalue weighted by Crippen LogP contribution is -2.42. The zero-order chi connectivity index (χ0) is 14.5. The molecule has 0 aromatic carbocycles. The van der Waals surface area contributed by atoms with E-state index in [1.54, 1.807) is 19.1 Å². The Balaban J connectivity index is 2.10. The number of aromatic nitrogens is 3. The minimum Gasteiger partial charge on any atom is -0.480 e. The van der Waals surface area contributed by atoms with Gasteiger partial charge in [0.1, 0.15) is 11.7 Å². The van der Waals surface area contributed by atoms with Crippen LogP contribution < -0.4 is 5.32 Å². The van der Waals surface area contributed by atoms with Crippen LogP contribution in [0.5, 0.6) is 0 Å². The lowest BCUT2D eigenvalue weighted by molar-refractivity contribution is -0.139. The van der Waals surface area contributed by atoms with E-state index < -0.39 is 17.9 Å². The van der Waals surface area contributed by atoms with Gasteiger partial charge >= 0.3 is 5.97 Å². The first-order valence-electron chi connectivity index (χ1n) is 6.00. The lowest BCUT2D eigenvalue weighted by atomic mass is 10.1. The summed E-state index contributed by atoms with van der Waals surface area (Å²) < 4.78 is 0. The fraction of sp³-hybridized carbons (Fsp3) is 0.231. The number of nitrogens with one attached hydrogen (secondary N) is 2. The highest BCUT2D eigenvalue weighted by molar-refractivity contribution is 5.96. The van der Waals surface area contributed by atoms with Gasteiger partial charge in [-0.2, -0.15) is 0 Å². The van der Waals surface area contributed by atoms with Crippen LogP contribution in [0.2, 0.25) is 0 Å². The zero-order valence-electron chi connectivity index (χ0n) is 10.8. The third-order valence-corrected chi connectivity index (χ3v) is 2.81. The first kappa shape index (κ1) is 13.7. The van der Waals surface area contributed by atoms with Crippen molar-refractivity contribution in [3.05, 3.63) is 47.8 Å². The number of amides is 1. The number of aryl methyl sites for hydroxylation is 1. The predicted molar refractivity (Wildman–Crippen MR) is 70.2 cm³/mol. The number of nitrogens with zero attached hydrogens (tertiary/aromatic N) is 2. The van der Waals surface area contributed by atoms with Crippen LogP contribution in [0.25, 0.3) is 0 Å². The molecule has 0 saturated heterocycles. The standard InChI is InChI=1S/C13H14N4O3/c1-8-3-2-4-15-11(8)12(18)17-10(13(19)20)5-9-6-14-7-16-9/h2-4,6-7,10H,5H2,1H3,(H,14,16)(H,17,18)(H,19,20)/t10-/m0/s1. The molecule has 0 spiro atoms. The van der Waals surface area contributed by atoms with Crippen molar-refractivity contribution in [3.63, 3.8) is 0 Å². The smallest absolute Gasteiger partial charge is 0.326 e. The number of imidazole rings is 1. The molecule has 2 aromatic rings. The van der Waals surface area contributed by atoms with Crippen LogP contribution >= 0.6 is 0 Å². The van der Waals surface area contributed by atoms with Gasteiger partial charge in [-0.15, -0.1) is 0 Å². The highest BCUT2D eigenvalue weighted by atomic mass is 16.4. The Morgan fingerprint density at radius 1 is 1.50 bits per heavy atom. The number of aliphatic carboxylic acids is 1. The highest BCUT2D eigenvalue weighted by Gasteiger charge is 2.22. The van der Waals surface area contributed by atoms with E-state index in [-0.39, 0.29) is 12.1 Å². The van der Waals surface area contributed by atoms with Gasteiger partial charge in [0.15, 0.2) is 0 Å². The average molecular weight is 274 g/mol. The Bertz CT molecular complexity index is 610. The van der Waals surface area contributed by atoms with E-state index in [4.69, 9.17) is 5.11 Å². The summed E-state index contributed by atoms with van der Waals surface area (Å²) >= 11 is 0. The van der Waals surface area contributed by atoms with Crippen LogP contribution in [0.3, 0.4) is 0 Å². The minimum atomic E-state index is -1.11. The second-order valence-corrected chi connectivity index (χ2v) is 4.31. The van der Waals surface area contributed by atoms with Gasteiger partial charge in [-0.3, -0.25) is 9.78 Å². The fourth-order valence-electron chi connectivity index (χ4n) is 1.77. The molecule has 2 aromatic heterocycles. The summed E-state index contributed by atoms with van der Waals surface area (Å²) in [5.41, 5.74) is 1.55. The molecule has 0 aliphatic rings. The summed E-state index contributed by atoms with van der Waals surface area (Å²) in [6.45, 7) is 1.74. The monoisotopic (exact) mass is 274 g/mol. The molecule has 0 saturated carbocycles. The molecule has 2 rings (SSSR count). The Kier molecular flexibility index (Phi) is 4.09. The van der Waals surface area contributed by atoms with E-state index >= 15 is 0 Å². The molecule has 7 heteroatoms. The van der Waals surface area contributed by atoms with E-state index in [1.165, 1.54) is 18.7 Å². The van der Waals surface area contributed by atoms with Crippen LogP contribution in [0, 0.1) is 6.92 Å². The SMILES string of the molecule is Cc1cccnc1C(=O)N[C@@H](Cc1cnc[nH]1)C(=O)O. The van der Waals surface area contributed by atoms with Crippen LogP contribution in [-0.2, 0) is 11.2 Å². The molecule has 2 heterocycles. The van der Waals surface area contributed by atoms with Crippen molar-refractivity contribution in [1.82, 2.24) is 20.3 Å². The van der Waals surface area contributed by atoms with Crippen LogP contribution in [0.4, 0.5) is 0 Å². The van der Waals surface area contributed by atoms with Gasteiger partial charge in [0.2, 0.25) is 0 Å². The number of carboxylic acid groups (broad SMARTS) is 1. The Labute approximate surface area is 115 Å². The normalized spacial score (nSPS) is 11.8. The topological polar surface area (TPSA) is 108 Å². The van der Waals surface area contributed by atoms with Gasteiger partial charge in [0, 0.05) is 24.5 Å². The van der Waals surface area contributed by atoms with Gasteiger partial charge in [-0.05, 0) is 18.6 Å². The second kappa shape index (κ2) is 5.96. The fourth-order valence-corrected chi connectivity index (χ4v) is 1.77. The molecule has 1 amide bonds. The number of hydrogen-bond donors (Lipinski definition) is 3. The highest BCUT2D eigenvalue weighted by Crippen LogP contribution is 2.05. The molecular weight excluding hydrogens is 260 g/mol.